The molecule has 1 aromatic rings. The fourth-order valence-electron chi connectivity index (χ4n) is 2.07. The first-order valence-corrected chi connectivity index (χ1v) is 5.87. The molecule has 1 aliphatic rings. The fraction of sp³-hybridized carbons (Fsp3) is 0.462. The topological polar surface area (TPSA) is 55.6 Å². The van der Waals surface area contributed by atoms with Crippen molar-refractivity contribution in [3.05, 3.63) is 23.8 Å². The molecule has 0 saturated carbocycles. The number of nitrogens with two attached hydrogens (primary N) is 1. The van der Waals surface area contributed by atoms with E-state index >= 15 is 0 Å². The first kappa shape index (κ1) is 11.9. The predicted molar refractivity (Wildman–Crippen MR) is 67.0 cm³/mol. The summed E-state index contributed by atoms with van der Waals surface area (Å²) >= 11 is 0. The largest absolute Gasteiger partial charge is 0.479 e. The van der Waals surface area contributed by atoms with E-state index in [0.29, 0.717) is 6.54 Å². The van der Waals surface area contributed by atoms with Crippen LogP contribution in [0.2, 0.25) is 0 Å². The molecular weight excluding hydrogens is 216 g/mol. The van der Waals surface area contributed by atoms with Gasteiger partial charge >= 0.3 is 0 Å². The summed E-state index contributed by atoms with van der Waals surface area (Å²) in [5.41, 5.74) is 7.45. The molecule has 92 valence electrons. The van der Waals surface area contributed by atoms with Gasteiger partial charge in [-0.1, -0.05) is 6.07 Å². The third kappa shape index (κ3) is 2.00. The van der Waals surface area contributed by atoms with Crippen molar-refractivity contribution < 1.29 is 9.53 Å². The molecule has 1 aromatic carbocycles. The number of carbonyl (C=O) groups is 1. The Morgan fingerprint density at radius 3 is 2.76 bits per heavy atom. The molecule has 4 nitrogen and oxygen atoms in total. The molecule has 0 radical (unpaired) electrons. The monoisotopic (exact) mass is 234 g/mol. The van der Waals surface area contributed by atoms with Crippen LogP contribution in [0.15, 0.2) is 18.2 Å². The number of rotatable bonds is 2. The minimum Gasteiger partial charge on any atom is -0.479 e. The van der Waals surface area contributed by atoms with Crippen molar-refractivity contribution in [3.63, 3.8) is 0 Å². The van der Waals surface area contributed by atoms with E-state index in [1.165, 1.54) is 0 Å². The van der Waals surface area contributed by atoms with Crippen molar-refractivity contribution in [2.75, 3.05) is 4.90 Å². The number of anilines is 1. The number of benzene rings is 1. The van der Waals surface area contributed by atoms with Crippen LogP contribution in [0, 0.1) is 0 Å². The van der Waals surface area contributed by atoms with Crippen molar-refractivity contribution in [2.45, 2.75) is 39.5 Å². The maximum absolute atomic E-state index is 12.1. The predicted octanol–water partition coefficient (Wildman–Crippen LogP) is 1.67. The quantitative estimate of drug-likeness (QED) is 0.846. The van der Waals surface area contributed by atoms with Gasteiger partial charge in [0.1, 0.15) is 5.75 Å². The molecule has 1 aliphatic heterocycles. The third-order valence-electron chi connectivity index (χ3n) is 2.92. The lowest BCUT2D eigenvalue weighted by Crippen LogP contribution is -2.47. The molecule has 1 amide bonds. The lowest BCUT2D eigenvalue weighted by Gasteiger charge is -2.35. The van der Waals surface area contributed by atoms with Crippen molar-refractivity contribution in [2.24, 2.45) is 5.73 Å². The van der Waals surface area contributed by atoms with Crippen LogP contribution in [0.1, 0.15) is 26.3 Å². The lowest BCUT2D eigenvalue weighted by molar-refractivity contribution is -0.125. The van der Waals surface area contributed by atoms with E-state index in [1.54, 1.807) is 11.8 Å². The number of fused-ring (bicyclic) bond motifs is 1. The highest BCUT2D eigenvalue weighted by atomic mass is 16.5. The Hall–Kier alpha value is -1.55. The Morgan fingerprint density at radius 2 is 2.18 bits per heavy atom. The van der Waals surface area contributed by atoms with Crippen molar-refractivity contribution in [1.82, 2.24) is 0 Å². The number of nitrogens with zero attached hydrogens (tertiary/aromatic N) is 1. The van der Waals surface area contributed by atoms with Gasteiger partial charge in [0.2, 0.25) is 0 Å². The van der Waals surface area contributed by atoms with Crippen LogP contribution < -0.4 is 15.4 Å². The summed E-state index contributed by atoms with van der Waals surface area (Å²) in [6.07, 6.45) is -0.432. The van der Waals surface area contributed by atoms with Gasteiger partial charge in [0.15, 0.2) is 6.10 Å². The molecular formula is C13H18N2O2. The molecule has 0 bridgehead atoms. The number of hydrogen-bond acceptors (Lipinski definition) is 3. The van der Waals surface area contributed by atoms with E-state index in [-0.39, 0.29) is 11.9 Å². The van der Waals surface area contributed by atoms with Gasteiger partial charge in [-0.25, -0.2) is 0 Å². The summed E-state index contributed by atoms with van der Waals surface area (Å²) in [4.78, 5) is 13.8. The molecule has 1 unspecified atom stereocenters. The molecule has 1 heterocycles. The fourth-order valence-corrected chi connectivity index (χ4v) is 2.07. The van der Waals surface area contributed by atoms with E-state index < -0.39 is 6.10 Å². The van der Waals surface area contributed by atoms with Crippen molar-refractivity contribution in [1.29, 1.82) is 0 Å². The van der Waals surface area contributed by atoms with Crippen LogP contribution in [0.4, 0.5) is 5.69 Å². The van der Waals surface area contributed by atoms with Crippen molar-refractivity contribution in [3.8, 4) is 5.75 Å². The van der Waals surface area contributed by atoms with Gasteiger partial charge in [-0.15, -0.1) is 0 Å². The van der Waals surface area contributed by atoms with Gasteiger partial charge in [-0.3, -0.25) is 4.79 Å². The summed E-state index contributed by atoms with van der Waals surface area (Å²) in [6, 6.07) is 5.87. The SMILES string of the molecule is CC1Oc2cc(CN)ccc2N(C(C)C)C1=O. The molecule has 2 N–H and O–H groups in total. The highest BCUT2D eigenvalue weighted by Crippen LogP contribution is 2.35. The Labute approximate surface area is 101 Å². The molecule has 4 heteroatoms. The highest BCUT2D eigenvalue weighted by Gasteiger charge is 2.32. The van der Waals surface area contributed by atoms with Gasteiger partial charge in [0.25, 0.3) is 5.91 Å². The standard InChI is InChI=1S/C13H18N2O2/c1-8(2)15-11-5-4-10(7-14)6-12(11)17-9(3)13(15)16/h4-6,8-9H,7,14H2,1-3H3. The summed E-state index contributed by atoms with van der Waals surface area (Å²) in [5, 5.41) is 0. The molecule has 17 heavy (non-hydrogen) atoms. The molecule has 0 saturated heterocycles. The lowest BCUT2D eigenvalue weighted by atomic mass is 10.1. The van der Waals surface area contributed by atoms with Crippen molar-refractivity contribution >= 4 is 11.6 Å². The van der Waals surface area contributed by atoms with Gasteiger partial charge in [0, 0.05) is 12.6 Å². The number of carbonyl (C=O) groups excluding carboxylic acids is 1. The Kier molecular flexibility index (Phi) is 3.07. The Morgan fingerprint density at radius 1 is 1.47 bits per heavy atom. The number of hydrogen-bond donors (Lipinski definition) is 1. The van der Waals surface area contributed by atoms with Crippen LogP contribution in [-0.2, 0) is 11.3 Å². The normalized spacial score (nSPS) is 19.2. The molecule has 0 fully saturated rings. The minimum absolute atomic E-state index is 0.00741. The second kappa shape index (κ2) is 4.37. The van der Waals surface area contributed by atoms with E-state index in [0.717, 1.165) is 17.0 Å². The van der Waals surface area contributed by atoms with E-state index in [9.17, 15) is 4.79 Å². The summed E-state index contributed by atoms with van der Waals surface area (Å²) < 4.78 is 5.62. The molecule has 0 aliphatic carbocycles. The zero-order valence-corrected chi connectivity index (χ0v) is 10.4. The van der Waals surface area contributed by atoms with E-state index in [1.807, 2.05) is 32.0 Å². The smallest absolute Gasteiger partial charge is 0.268 e. The zero-order chi connectivity index (χ0) is 12.6. The number of amides is 1. The first-order valence-electron chi connectivity index (χ1n) is 5.87. The van der Waals surface area contributed by atoms with E-state index in [2.05, 4.69) is 0 Å². The highest BCUT2D eigenvalue weighted by molar-refractivity contribution is 6.00. The van der Waals surface area contributed by atoms with Crippen LogP contribution in [-0.4, -0.2) is 18.1 Å². The Balaban J connectivity index is 2.49. The second-order valence-electron chi connectivity index (χ2n) is 4.57. The van der Waals surface area contributed by atoms with Gasteiger partial charge < -0.3 is 15.4 Å². The third-order valence-corrected chi connectivity index (χ3v) is 2.92. The van der Waals surface area contributed by atoms with E-state index in [4.69, 9.17) is 10.5 Å². The molecule has 1 atom stereocenters. The van der Waals surface area contributed by atoms with Gasteiger partial charge in [0.05, 0.1) is 5.69 Å². The minimum atomic E-state index is -0.432. The molecule has 0 aromatic heterocycles. The summed E-state index contributed by atoms with van der Waals surface area (Å²) in [6.45, 7) is 6.24. The average molecular weight is 234 g/mol. The van der Waals surface area contributed by atoms with Crippen LogP contribution >= 0.6 is 0 Å². The maximum Gasteiger partial charge on any atom is 0.268 e. The van der Waals surface area contributed by atoms with Crippen LogP contribution in [0.5, 0.6) is 5.75 Å². The average Bonchev–Trinajstić information content (AvgIpc) is 2.29. The molecule has 2 rings (SSSR count). The zero-order valence-electron chi connectivity index (χ0n) is 10.4. The number of ether oxygens (including phenoxy) is 1. The summed E-state index contributed by atoms with van der Waals surface area (Å²) in [7, 11) is 0. The van der Waals surface area contributed by atoms with Gasteiger partial charge in [-0.2, -0.15) is 0 Å². The van der Waals surface area contributed by atoms with Crippen LogP contribution in [0.3, 0.4) is 0 Å². The van der Waals surface area contributed by atoms with Crippen LogP contribution in [0.25, 0.3) is 0 Å². The maximum atomic E-state index is 12.1. The second-order valence-corrected chi connectivity index (χ2v) is 4.57. The first-order chi connectivity index (χ1) is 8.04. The molecule has 0 spiro atoms. The summed E-state index contributed by atoms with van der Waals surface area (Å²) in [5.74, 6) is 0.752. The Bertz CT molecular complexity index is 443. The van der Waals surface area contributed by atoms with Gasteiger partial charge in [-0.05, 0) is 38.5 Å².